The van der Waals surface area contributed by atoms with Gasteiger partial charge in [-0.05, 0) is 25.2 Å². The molecule has 7 heteroatoms. The molecule has 0 atom stereocenters. The highest BCUT2D eigenvalue weighted by Gasteiger charge is 2.20. The number of piperazine rings is 1. The summed E-state index contributed by atoms with van der Waals surface area (Å²) in [4.78, 5) is 31.8. The van der Waals surface area contributed by atoms with Crippen LogP contribution in [0.1, 0.15) is 0 Å². The van der Waals surface area contributed by atoms with E-state index in [4.69, 9.17) is 4.74 Å². The number of ether oxygens (including phenoxy) is 1. The van der Waals surface area contributed by atoms with Crippen molar-refractivity contribution in [3.63, 3.8) is 0 Å². The van der Waals surface area contributed by atoms with Crippen LogP contribution >= 0.6 is 0 Å². The number of urea groups is 1. The molecular weight excluding hydrogens is 296 g/mol. The van der Waals surface area contributed by atoms with E-state index < -0.39 is 0 Å². The van der Waals surface area contributed by atoms with Crippen LogP contribution in [0.2, 0.25) is 0 Å². The second-order valence-corrected chi connectivity index (χ2v) is 5.66. The molecule has 1 fully saturated rings. The van der Waals surface area contributed by atoms with E-state index >= 15 is 0 Å². The van der Waals surface area contributed by atoms with Crippen molar-refractivity contribution in [2.45, 2.75) is 0 Å². The molecule has 1 saturated heterocycles. The fraction of sp³-hybridized carbons (Fsp3) is 0.375. The topological polar surface area (TPSA) is 77.7 Å². The van der Waals surface area contributed by atoms with Gasteiger partial charge in [-0.15, -0.1) is 0 Å². The van der Waals surface area contributed by atoms with Gasteiger partial charge in [0.2, 0.25) is 5.43 Å². The monoisotopic (exact) mass is 316 g/mol. The lowest BCUT2D eigenvalue weighted by atomic mass is 10.2. The quantitative estimate of drug-likeness (QED) is 0.876. The third-order valence-corrected chi connectivity index (χ3v) is 4.12. The predicted molar refractivity (Wildman–Crippen MR) is 89.2 cm³/mol. The van der Waals surface area contributed by atoms with E-state index in [9.17, 15) is 9.59 Å². The van der Waals surface area contributed by atoms with Crippen LogP contribution in [-0.2, 0) is 0 Å². The minimum Gasteiger partial charge on any atom is -0.497 e. The summed E-state index contributed by atoms with van der Waals surface area (Å²) >= 11 is 0. The maximum atomic E-state index is 12.5. The van der Waals surface area contributed by atoms with Crippen molar-refractivity contribution < 1.29 is 9.53 Å². The van der Waals surface area contributed by atoms with Crippen molar-refractivity contribution in [2.24, 2.45) is 0 Å². The number of aromatic amines is 1. The van der Waals surface area contributed by atoms with Crippen molar-refractivity contribution in [3.8, 4) is 5.75 Å². The van der Waals surface area contributed by atoms with Crippen LogP contribution in [0.5, 0.6) is 5.75 Å². The Hall–Kier alpha value is -2.54. The van der Waals surface area contributed by atoms with Gasteiger partial charge in [-0.1, -0.05) is 0 Å². The SMILES string of the molecule is COc1ccc2[nH]cc(NC(=O)N3CCN(C)CC3)c(=O)c2c1. The number of hydrogen-bond donors (Lipinski definition) is 2. The van der Waals surface area contributed by atoms with Gasteiger partial charge in [-0.3, -0.25) is 4.79 Å². The summed E-state index contributed by atoms with van der Waals surface area (Å²) in [6, 6.07) is 4.98. The number of fused-ring (bicyclic) bond motifs is 1. The number of methoxy groups -OCH3 is 1. The van der Waals surface area contributed by atoms with Gasteiger partial charge >= 0.3 is 6.03 Å². The number of nitrogens with one attached hydrogen (secondary N) is 2. The molecule has 0 saturated carbocycles. The third-order valence-electron chi connectivity index (χ3n) is 4.12. The van der Waals surface area contributed by atoms with E-state index in [0.29, 0.717) is 29.7 Å². The van der Waals surface area contributed by atoms with E-state index in [2.05, 4.69) is 15.2 Å². The number of nitrogens with zero attached hydrogens (tertiary/aromatic N) is 2. The third kappa shape index (κ3) is 3.14. The standard InChI is InChI=1S/C16H20N4O3/c1-19-5-7-20(8-6-19)16(22)18-14-10-17-13-4-3-11(23-2)9-12(13)15(14)21/h3-4,9-10H,5-8H2,1-2H3,(H,17,21)(H,18,22). The second-order valence-electron chi connectivity index (χ2n) is 5.66. The summed E-state index contributed by atoms with van der Waals surface area (Å²) in [7, 11) is 3.57. The average molecular weight is 316 g/mol. The molecule has 7 nitrogen and oxygen atoms in total. The van der Waals surface area contributed by atoms with Crippen molar-refractivity contribution in [1.29, 1.82) is 0 Å². The Bertz CT molecular complexity index is 778. The summed E-state index contributed by atoms with van der Waals surface area (Å²) < 4.78 is 5.15. The second kappa shape index (κ2) is 6.29. The summed E-state index contributed by atoms with van der Waals surface area (Å²) in [5.41, 5.74) is 0.725. The van der Waals surface area contributed by atoms with E-state index in [-0.39, 0.29) is 17.1 Å². The first-order valence-electron chi connectivity index (χ1n) is 7.52. The molecule has 0 unspecified atom stereocenters. The lowest BCUT2D eigenvalue weighted by Crippen LogP contribution is -2.48. The van der Waals surface area contributed by atoms with E-state index in [1.165, 1.54) is 6.20 Å². The molecule has 0 bridgehead atoms. The number of likely N-dealkylation sites (N-methyl/N-ethyl adjacent to an activating group) is 1. The highest BCUT2D eigenvalue weighted by Crippen LogP contribution is 2.18. The Balaban J connectivity index is 1.84. The zero-order chi connectivity index (χ0) is 16.4. The van der Waals surface area contributed by atoms with Crippen LogP contribution in [0, 0.1) is 0 Å². The summed E-state index contributed by atoms with van der Waals surface area (Å²) in [5.74, 6) is 0.602. The smallest absolute Gasteiger partial charge is 0.322 e. The molecule has 23 heavy (non-hydrogen) atoms. The lowest BCUT2D eigenvalue weighted by molar-refractivity contribution is 0.164. The number of H-pyrrole nitrogens is 1. The van der Waals surface area contributed by atoms with Gasteiger partial charge in [-0.25, -0.2) is 4.79 Å². The molecule has 3 rings (SSSR count). The zero-order valence-electron chi connectivity index (χ0n) is 13.3. The van der Waals surface area contributed by atoms with E-state index in [0.717, 1.165) is 13.1 Å². The molecule has 1 aromatic heterocycles. The number of aromatic nitrogens is 1. The molecule has 0 spiro atoms. The summed E-state index contributed by atoms with van der Waals surface area (Å²) in [6.07, 6.45) is 1.53. The molecule has 2 amide bonds. The maximum absolute atomic E-state index is 12.5. The van der Waals surface area contributed by atoms with Gasteiger partial charge in [0.05, 0.1) is 12.5 Å². The molecule has 1 aliphatic rings. The van der Waals surface area contributed by atoms with Crippen LogP contribution in [-0.4, -0.2) is 61.2 Å². The molecule has 2 heterocycles. The van der Waals surface area contributed by atoms with Gasteiger partial charge in [0.25, 0.3) is 0 Å². The maximum Gasteiger partial charge on any atom is 0.322 e. The first kappa shape index (κ1) is 15.4. The molecule has 1 aromatic carbocycles. The minimum absolute atomic E-state index is 0.222. The molecule has 2 aromatic rings. The number of carbonyl (C=O) groups is 1. The number of carbonyl (C=O) groups excluding carboxylic acids is 1. The van der Waals surface area contributed by atoms with Crippen molar-refractivity contribution in [1.82, 2.24) is 14.8 Å². The summed E-state index contributed by atoms with van der Waals surface area (Å²) in [5, 5.41) is 3.19. The Morgan fingerprint density at radius 3 is 2.70 bits per heavy atom. The number of amides is 2. The van der Waals surface area contributed by atoms with Gasteiger partial charge in [-0.2, -0.15) is 0 Å². The van der Waals surface area contributed by atoms with Crippen LogP contribution in [0.15, 0.2) is 29.2 Å². The van der Waals surface area contributed by atoms with E-state index in [1.54, 1.807) is 30.2 Å². The van der Waals surface area contributed by atoms with Crippen LogP contribution in [0.4, 0.5) is 10.5 Å². The van der Waals surface area contributed by atoms with E-state index in [1.807, 2.05) is 7.05 Å². The first-order chi connectivity index (χ1) is 11.1. The molecule has 1 aliphatic heterocycles. The van der Waals surface area contributed by atoms with Gasteiger partial charge in [0, 0.05) is 37.9 Å². The molecule has 2 N–H and O–H groups in total. The number of benzene rings is 1. The predicted octanol–water partition coefficient (Wildman–Crippen LogP) is 1.32. The summed E-state index contributed by atoms with van der Waals surface area (Å²) in [6.45, 7) is 2.97. The highest BCUT2D eigenvalue weighted by atomic mass is 16.5. The largest absolute Gasteiger partial charge is 0.497 e. The van der Waals surface area contributed by atoms with Gasteiger partial charge < -0.3 is 24.8 Å². The van der Waals surface area contributed by atoms with Crippen molar-refractivity contribution >= 4 is 22.6 Å². The highest BCUT2D eigenvalue weighted by molar-refractivity contribution is 5.92. The fourth-order valence-corrected chi connectivity index (χ4v) is 2.62. The molecular formula is C16H20N4O3. The Kier molecular flexibility index (Phi) is 4.20. The number of hydrogen-bond acceptors (Lipinski definition) is 4. The Morgan fingerprint density at radius 2 is 2.00 bits per heavy atom. The van der Waals surface area contributed by atoms with Gasteiger partial charge in [0.1, 0.15) is 11.4 Å². The Morgan fingerprint density at radius 1 is 1.26 bits per heavy atom. The average Bonchev–Trinajstić information content (AvgIpc) is 2.57. The first-order valence-corrected chi connectivity index (χ1v) is 7.52. The zero-order valence-corrected chi connectivity index (χ0v) is 13.3. The van der Waals surface area contributed by atoms with Crippen LogP contribution in [0.25, 0.3) is 10.9 Å². The van der Waals surface area contributed by atoms with Crippen molar-refractivity contribution in [2.75, 3.05) is 45.7 Å². The Labute approximate surface area is 133 Å². The number of pyridine rings is 1. The van der Waals surface area contributed by atoms with Crippen LogP contribution < -0.4 is 15.5 Å². The van der Waals surface area contributed by atoms with Crippen LogP contribution in [0.3, 0.4) is 0 Å². The number of anilines is 1. The van der Waals surface area contributed by atoms with Gasteiger partial charge in [0.15, 0.2) is 0 Å². The molecule has 0 radical (unpaired) electrons. The van der Waals surface area contributed by atoms with Crippen molar-refractivity contribution in [3.05, 3.63) is 34.6 Å². The fourth-order valence-electron chi connectivity index (χ4n) is 2.62. The normalized spacial score (nSPS) is 15.7. The molecule has 122 valence electrons. The lowest BCUT2D eigenvalue weighted by Gasteiger charge is -2.32. The minimum atomic E-state index is -0.245. The molecule has 0 aliphatic carbocycles. The number of rotatable bonds is 2.